The monoisotopic (exact) mass is 666 g/mol. The fourth-order valence-electron chi connectivity index (χ4n) is 6.94. The Balaban J connectivity index is 1.13. The van der Waals surface area contributed by atoms with Gasteiger partial charge in [-0.25, -0.2) is 9.48 Å². The number of carbonyl (C=O) groups excluding carboxylic acids is 2. The second kappa shape index (κ2) is 14.6. The highest BCUT2D eigenvalue weighted by molar-refractivity contribution is 6.76. The molecule has 9 nitrogen and oxygen atoms in total. The number of hydrogen-bond acceptors (Lipinski definition) is 5. The molecule has 4 aromatic rings. The highest BCUT2D eigenvalue weighted by Crippen LogP contribution is 2.31. The van der Waals surface area contributed by atoms with Gasteiger partial charge in [0, 0.05) is 81.9 Å². The summed E-state index contributed by atoms with van der Waals surface area (Å²) in [6.07, 6.45) is 7.52. The molecule has 0 bridgehead atoms. The van der Waals surface area contributed by atoms with E-state index in [2.05, 4.69) is 75.3 Å². The minimum absolute atomic E-state index is 0.0483. The van der Waals surface area contributed by atoms with Crippen LogP contribution < -0.4 is 5.32 Å². The van der Waals surface area contributed by atoms with Crippen LogP contribution in [0, 0.1) is 6.92 Å². The van der Waals surface area contributed by atoms with Crippen LogP contribution in [-0.2, 0) is 35.6 Å². The number of aromatic nitrogens is 3. The summed E-state index contributed by atoms with van der Waals surface area (Å²) in [7, 11) is -1.14. The largest absolute Gasteiger partial charge is 0.360 e. The number of fused-ring (bicyclic) bond motifs is 2. The van der Waals surface area contributed by atoms with Gasteiger partial charge in [0.1, 0.15) is 6.73 Å². The number of hydrogen-bond donors (Lipinski definition) is 1. The fraction of sp³-hybridized carbons (Fsp3) is 0.474. The lowest BCUT2D eigenvalue weighted by molar-refractivity contribution is -0.133. The van der Waals surface area contributed by atoms with Gasteiger partial charge in [-0.15, -0.1) is 0 Å². The van der Waals surface area contributed by atoms with Gasteiger partial charge in [-0.2, -0.15) is 5.10 Å². The highest BCUT2D eigenvalue weighted by Gasteiger charge is 2.33. The lowest BCUT2D eigenvalue weighted by Crippen LogP contribution is -2.51. The molecule has 2 aliphatic heterocycles. The molecular weight excluding hydrogens is 617 g/mol. The summed E-state index contributed by atoms with van der Waals surface area (Å²) in [5.74, 6) is 0.0968. The Morgan fingerprint density at radius 3 is 2.65 bits per heavy atom. The fourth-order valence-corrected chi connectivity index (χ4v) is 7.70. The first-order valence-electron chi connectivity index (χ1n) is 17.5. The second-order valence-corrected chi connectivity index (χ2v) is 20.4. The number of likely N-dealkylation sites (tertiary alicyclic amines) is 1. The van der Waals surface area contributed by atoms with Crippen molar-refractivity contribution in [2.24, 2.45) is 0 Å². The molecule has 1 fully saturated rings. The van der Waals surface area contributed by atoms with Crippen LogP contribution in [0.1, 0.15) is 60.1 Å². The molecule has 48 heavy (non-hydrogen) atoms. The topological polar surface area (TPSA) is 92.6 Å². The number of anilines is 1. The third kappa shape index (κ3) is 8.15. The molecule has 2 aromatic carbocycles. The van der Waals surface area contributed by atoms with Crippen molar-refractivity contribution in [2.45, 2.75) is 96.9 Å². The van der Waals surface area contributed by atoms with E-state index in [1.54, 1.807) is 0 Å². The van der Waals surface area contributed by atoms with Gasteiger partial charge in [0.15, 0.2) is 0 Å². The number of nitrogens with zero attached hydrogens (tertiary/aromatic N) is 5. The Labute approximate surface area is 285 Å². The first-order valence-corrected chi connectivity index (χ1v) is 21.2. The number of urea groups is 1. The zero-order valence-electron chi connectivity index (χ0n) is 29.2. The van der Waals surface area contributed by atoms with Gasteiger partial charge in [-0.3, -0.25) is 9.78 Å². The minimum atomic E-state index is -1.14. The minimum Gasteiger partial charge on any atom is -0.360 e. The number of nitrogens with one attached hydrogen (secondary N) is 1. The van der Waals surface area contributed by atoms with Crippen LogP contribution in [0.5, 0.6) is 0 Å². The number of para-hydroxylation sites is 1. The van der Waals surface area contributed by atoms with Crippen molar-refractivity contribution in [3.05, 3.63) is 88.9 Å². The van der Waals surface area contributed by atoms with E-state index < -0.39 is 8.07 Å². The Morgan fingerprint density at radius 1 is 1.08 bits per heavy atom. The van der Waals surface area contributed by atoms with Crippen molar-refractivity contribution < 1.29 is 14.3 Å². The van der Waals surface area contributed by atoms with E-state index in [0.717, 1.165) is 65.3 Å². The van der Waals surface area contributed by atoms with Crippen molar-refractivity contribution in [3.63, 3.8) is 0 Å². The summed E-state index contributed by atoms with van der Waals surface area (Å²) in [6, 6.07) is 17.8. The highest BCUT2D eigenvalue weighted by atomic mass is 28.3. The van der Waals surface area contributed by atoms with Gasteiger partial charge < -0.3 is 19.9 Å². The van der Waals surface area contributed by atoms with Crippen molar-refractivity contribution in [2.75, 3.05) is 25.0 Å². The van der Waals surface area contributed by atoms with Crippen molar-refractivity contribution >= 4 is 36.6 Å². The number of amides is 3. The lowest BCUT2D eigenvalue weighted by atomic mass is 9.89. The first-order chi connectivity index (χ1) is 23.1. The molecule has 254 valence electrons. The van der Waals surface area contributed by atoms with Gasteiger partial charge in [-0.1, -0.05) is 50.8 Å². The van der Waals surface area contributed by atoms with Crippen LogP contribution in [0.4, 0.5) is 10.5 Å². The van der Waals surface area contributed by atoms with Crippen LogP contribution in [0.25, 0.3) is 10.9 Å². The Hall–Kier alpha value is -4.02. The van der Waals surface area contributed by atoms with Gasteiger partial charge in [0.25, 0.3) is 0 Å². The summed E-state index contributed by atoms with van der Waals surface area (Å²) in [6.45, 7) is 14.4. The Morgan fingerprint density at radius 2 is 1.88 bits per heavy atom. The molecule has 0 aliphatic carbocycles. The Bertz CT molecular complexity index is 1760. The number of aryl methyl sites for hydroxylation is 2. The van der Waals surface area contributed by atoms with E-state index in [1.165, 1.54) is 11.1 Å². The standard InChI is InChI=1S/C38H50N6O3Si/c1-6-28-11-14-39-35(22-28)31(20-29-19-27(2)37-32(21-29)24-43(41-37)26-47-17-18-48(3,4)5)23-36(45)42-15-12-33(13-16-42)44-25-30-9-7-8-10-34(30)40-38(44)46/h7-11,14,19,21-22,24,31,33H,6,12-13,15-18,20,23,25-26H2,1-5H3,(H,40,46). The molecule has 4 heterocycles. The molecular formula is C38H50N6O3Si. The molecule has 6 rings (SSSR count). The summed E-state index contributed by atoms with van der Waals surface area (Å²) in [4.78, 5) is 35.5. The maximum Gasteiger partial charge on any atom is 0.322 e. The predicted octanol–water partition coefficient (Wildman–Crippen LogP) is 7.37. The van der Waals surface area contributed by atoms with E-state index in [9.17, 15) is 9.59 Å². The van der Waals surface area contributed by atoms with Gasteiger partial charge in [-0.05, 0) is 85.2 Å². The summed E-state index contributed by atoms with van der Waals surface area (Å²) in [5, 5.41) is 8.94. The number of carbonyl (C=O) groups is 2. The van der Waals surface area contributed by atoms with Crippen molar-refractivity contribution in [3.8, 4) is 0 Å². The van der Waals surface area contributed by atoms with Gasteiger partial charge in [0.05, 0.1) is 5.52 Å². The molecule has 0 saturated carbocycles. The first kappa shape index (κ1) is 33.9. The SMILES string of the molecule is CCc1ccnc(C(CC(=O)N2CCC(N3Cc4ccccc4NC3=O)CC2)Cc2cc(C)c3nn(COCC[Si](C)(C)C)cc3c2)c1. The normalized spacial score (nSPS) is 16.2. The smallest absolute Gasteiger partial charge is 0.322 e. The molecule has 1 saturated heterocycles. The van der Waals surface area contributed by atoms with E-state index in [1.807, 2.05) is 38.9 Å². The van der Waals surface area contributed by atoms with E-state index in [4.69, 9.17) is 14.8 Å². The molecule has 1 unspecified atom stereocenters. The van der Waals surface area contributed by atoms with Crippen molar-refractivity contribution in [1.82, 2.24) is 24.6 Å². The zero-order chi connectivity index (χ0) is 33.8. The molecule has 1 atom stereocenters. The quantitative estimate of drug-likeness (QED) is 0.126. The molecule has 2 aliphatic rings. The van der Waals surface area contributed by atoms with E-state index in [-0.39, 0.29) is 23.9 Å². The van der Waals surface area contributed by atoms with Crippen LogP contribution >= 0.6 is 0 Å². The second-order valence-electron chi connectivity index (χ2n) is 14.7. The van der Waals surface area contributed by atoms with Crippen molar-refractivity contribution in [1.29, 1.82) is 0 Å². The molecule has 1 N–H and O–H groups in total. The average molecular weight is 667 g/mol. The van der Waals surface area contributed by atoms with Crippen LogP contribution in [0.3, 0.4) is 0 Å². The molecule has 3 amide bonds. The number of benzene rings is 2. The number of rotatable bonds is 12. The number of piperidine rings is 1. The third-order valence-corrected chi connectivity index (χ3v) is 11.5. The zero-order valence-corrected chi connectivity index (χ0v) is 30.2. The van der Waals surface area contributed by atoms with Crippen LogP contribution in [0.2, 0.25) is 25.7 Å². The number of ether oxygens (including phenoxy) is 1. The van der Waals surface area contributed by atoms with E-state index in [0.29, 0.717) is 39.2 Å². The molecule has 10 heteroatoms. The van der Waals surface area contributed by atoms with E-state index >= 15 is 0 Å². The van der Waals surface area contributed by atoms with Gasteiger partial charge in [0.2, 0.25) is 5.91 Å². The lowest BCUT2D eigenvalue weighted by Gasteiger charge is -2.40. The van der Waals surface area contributed by atoms with Crippen LogP contribution in [0.15, 0.2) is 60.9 Å². The molecule has 2 aromatic heterocycles. The third-order valence-electron chi connectivity index (χ3n) is 9.82. The summed E-state index contributed by atoms with van der Waals surface area (Å²) < 4.78 is 7.86. The Kier molecular flexibility index (Phi) is 10.3. The maximum atomic E-state index is 13.9. The average Bonchev–Trinajstić information content (AvgIpc) is 3.49. The summed E-state index contributed by atoms with van der Waals surface area (Å²) >= 11 is 0. The summed E-state index contributed by atoms with van der Waals surface area (Å²) in [5.41, 5.74) is 7.49. The number of pyridine rings is 1. The van der Waals surface area contributed by atoms with Crippen LogP contribution in [-0.4, -0.2) is 70.3 Å². The predicted molar refractivity (Wildman–Crippen MR) is 194 cm³/mol. The molecule has 0 radical (unpaired) electrons. The van der Waals surface area contributed by atoms with Gasteiger partial charge >= 0.3 is 6.03 Å². The maximum absolute atomic E-state index is 13.9. The molecule has 0 spiro atoms.